The van der Waals surface area contributed by atoms with Crippen molar-refractivity contribution in [1.29, 1.82) is 0 Å². The van der Waals surface area contributed by atoms with Gasteiger partial charge in [0.1, 0.15) is 6.04 Å². The summed E-state index contributed by atoms with van der Waals surface area (Å²) < 4.78 is 4.96. The molecule has 1 fully saturated rings. The Morgan fingerprint density at radius 1 is 1.35 bits per heavy atom. The number of rotatable bonds is 5. The molecule has 0 amide bonds. The number of carbonyl (C=O) groups is 1. The summed E-state index contributed by atoms with van der Waals surface area (Å²) in [6.45, 7) is 2.25. The van der Waals surface area contributed by atoms with Gasteiger partial charge >= 0.3 is 5.97 Å². The topological polar surface area (TPSA) is 38.3 Å². The lowest BCUT2D eigenvalue weighted by atomic mass is 9.83. The van der Waals surface area contributed by atoms with E-state index in [-0.39, 0.29) is 12.0 Å². The van der Waals surface area contributed by atoms with Gasteiger partial charge in [0.05, 0.1) is 7.11 Å². The summed E-state index contributed by atoms with van der Waals surface area (Å²) in [5, 5.41) is 3.51. The Labute approximate surface area is 121 Å². The van der Waals surface area contributed by atoms with Crippen LogP contribution in [0.25, 0.3) is 0 Å². The molecular formula is C17H25NO2. The van der Waals surface area contributed by atoms with E-state index in [1.165, 1.54) is 26.4 Å². The number of hydrogen-bond donors (Lipinski definition) is 1. The van der Waals surface area contributed by atoms with E-state index in [0.29, 0.717) is 6.04 Å². The molecule has 1 saturated carbocycles. The molecule has 0 aromatic heterocycles. The Kier molecular flexibility index (Phi) is 5.60. The molecule has 0 aliphatic heterocycles. The second kappa shape index (κ2) is 7.44. The molecule has 3 heteroatoms. The predicted molar refractivity (Wildman–Crippen MR) is 80.4 cm³/mol. The van der Waals surface area contributed by atoms with Gasteiger partial charge in [-0.05, 0) is 24.3 Å². The van der Waals surface area contributed by atoms with Gasteiger partial charge < -0.3 is 4.74 Å². The van der Waals surface area contributed by atoms with E-state index in [2.05, 4.69) is 12.2 Å². The first-order chi connectivity index (χ1) is 9.74. The van der Waals surface area contributed by atoms with Crippen LogP contribution in [0.3, 0.4) is 0 Å². The van der Waals surface area contributed by atoms with E-state index >= 15 is 0 Å². The lowest BCUT2D eigenvalue weighted by molar-refractivity contribution is -0.143. The Morgan fingerprint density at radius 3 is 2.75 bits per heavy atom. The number of carbonyl (C=O) groups excluding carboxylic acids is 1. The first-order valence-electron chi connectivity index (χ1n) is 7.63. The van der Waals surface area contributed by atoms with Gasteiger partial charge in [0.2, 0.25) is 0 Å². The Hall–Kier alpha value is -1.35. The Balaban J connectivity index is 2.06. The van der Waals surface area contributed by atoms with E-state index < -0.39 is 0 Å². The summed E-state index contributed by atoms with van der Waals surface area (Å²) in [5.74, 6) is 0.588. The highest BCUT2D eigenvalue weighted by Crippen LogP contribution is 2.28. The van der Waals surface area contributed by atoms with E-state index in [4.69, 9.17) is 4.74 Å². The maximum Gasteiger partial charge on any atom is 0.327 e. The quantitative estimate of drug-likeness (QED) is 0.836. The molecule has 1 aliphatic carbocycles. The second-order valence-corrected chi connectivity index (χ2v) is 5.67. The van der Waals surface area contributed by atoms with Crippen LogP contribution in [-0.4, -0.2) is 19.1 Å². The molecule has 20 heavy (non-hydrogen) atoms. The zero-order valence-electron chi connectivity index (χ0n) is 12.5. The van der Waals surface area contributed by atoms with Gasteiger partial charge in [-0.1, -0.05) is 56.5 Å². The molecule has 3 unspecified atom stereocenters. The van der Waals surface area contributed by atoms with Gasteiger partial charge in [0.15, 0.2) is 0 Å². The van der Waals surface area contributed by atoms with Crippen molar-refractivity contribution in [1.82, 2.24) is 5.32 Å². The summed E-state index contributed by atoms with van der Waals surface area (Å²) in [6, 6.07) is 9.92. The number of esters is 1. The predicted octanol–water partition coefficient (Wildman–Crippen LogP) is 3.46. The SMILES string of the molecule is CCC1CCCC(NC(C(=O)OC)c2ccccc2)C1. The van der Waals surface area contributed by atoms with Crippen LogP contribution in [0.15, 0.2) is 30.3 Å². The Morgan fingerprint density at radius 2 is 2.10 bits per heavy atom. The molecule has 1 aliphatic rings. The molecule has 1 N–H and O–H groups in total. The molecular weight excluding hydrogens is 250 g/mol. The summed E-state index contributed by atoms with van der Waals surface area (Å²) in [5.41, 5.74) is 0.984. The molecule has 3 nitrogen and oxygen atoms in total. The van der Waals surface area contributed by atoms with Crippen LogP contribution in [-0.2, 0) is 9.53 Å². The third-order valence-corrected chi connectivity index (χ3v) is 4.33. The van der Waals surface area contributed by atoms with Gasteiger partial charge in [-0.15, -0.1) is 0 Å². The minimum Gasteiger partial charge on any atom is -0.468 e. The van der Waals surface area contributed by atoms with Gasteiger partial charge in [0, 0.05) is 6.04 Å². The molecule has 0 spiro atoms. The van der Waals surface area contributed by atoms with Gasteiger partial charge in [-0.2, -0.15) is 0 Å². The van der Waals surface area contributed by atoms with E-state index in [1.54, 1.807) is 0 Å². The molecule has 0 heterocycles. The first-order valence-corrected chi connectivity index (χ1v) is 7.63. The molecule has 1 aromatic rings. The third-order valence-electron chi connectivity index (χ3n) is 4.33. The molecule has 3 atom stereocenters. The van der Waals surface area contributed by atoms with E-state index in [9.17, 15) is 4.79 Å². The number of methoxy groups -OCH3 is 1. The van der Waals surface area contributed by atoms with E-state index in [0.717, 1.165) is 24.3 Å². The van der Waals surface area contributed by atoms with Crippen LogP contribution in [0.5, 0.6) is 0 Å². The summed E-state index contributed by atoms with van der Waals surface area (Å²) in [6.07, 6.45) is 6.11. The largest absolute Gasteiger partial charge is 0.468 e. The lowest BCUT2D eigenvalue weighted by Crippen LogP contribution is -2.40. The van der Waals surface area contributed by atoms with Gasteiger partial charge in [-0.3, -0.25) is 5.32 Å². The van der Waals surface area contributed by atoms with E-state index in [1.807, 2.05) is 30.3 Å². The minimum atomic E-state index is -0.346. The van der Waals surface area contributed by atoms with Crippen LogP contribution in [0.2, 0.25) is 0 Å². The number of nitrogens with one attached hydrogen (secondary N) is 1. The van der Waals surface area contributed by atoms with Crippen molar-refractivity contribution in [3.63, 3.8) is 0 Å². The lowest BCUT2D eigenvalue weighted by Gasteiger charge is -2.31. The zero-order chi connectivity index (χ0) is 14.4. The number of hydrogen-bond acceptors (Lipinski definition) is 3. The van der Waals surface area contributed by atoms with Crippen LogP contribution in [0.4, 0.5) is 0 Å². The maximum absolute atomic E-state index is 12.1. The monoisotopic (exact) mass is 275 g/mol. The summed E-state index contributed by atoms with van der Waals surface area (Å²) in [7, 11) is 1.45. The minimum absolute atomic E-state index is 0.199. The molecule has 110 valence electrons. The molecule has 1 aromatic carbocycles. The normalized spacial score (nSPS) is 24.1. The second-order valence-electron chi connectivity index (χ2n) is 5.67. The first kappa shape index (κ1) is 15.0. The summed E-state index contributed by atoms with van der Waals surface area (Å²) >= 11 is 0. The molecule has 0 saturated heterocycles. The van der Waals surface area contributed by atoms with Gasteiger partial charge in [0.25, 0.3) is 0 Å². The van der Waals surface area contributed by atoms with Crippen LogP contribution in [0.1, 0.15) is 50.6 Å². The molecule has 0 bridgehead atoms. The average molecular weight is 275 g/mol. The van der Waals surface area contributed by atoms with Crippen molar-refractivity contribution in [2.24, 2.45) is 5.92 Å². The van der Waals surface area contributed by atoms with Crippen molar-refractivity contribution in [3.8, 4) is 0 Å². The highest BCUT2D eigenvalue weighted by molar-refractivity contribution is 5.77. The smallest absolute Gasteiger partial charge is 0.327 e. The number of benzene rings is 1. The van der Waals surface area contributed by atoms with Crippen molar-refractivity contribution in [3.05, 3.63) is 35.9 Å². The van der Waals surface area contributed by atoms with Gasteiger partial charge in [-0.25, -0.2) is 4.79 Å². The van der Waals surface area contributed by atoms with Crippen LogP contribution < -0.4 is 5.32 Å². The van der Waals surface area contributed by atoms with Crippen molar-refractivity contribution >= 4 is 5.97 Å². The molecule has 2 rings (SSSR count). The van der Waals surface area contributed by atoms with Crippen LogP contribution >= 0.6 is 0 Å². The average Bonchev–Trinajstić information content (AvgIpc) is 2.53. The maximum atomic E-state index is 12.1. The number of ether oxygens (including phenoxy) is 1. The summed E-state index contributed by atoms with van der Waals surface area (Å²) in [4.78, 5) is 12.1. The standard InChI is InChI=1S/C17H25NO2/c1-3-13-8-7-11-15(12-13)18-16(17(19)20-2)14-9-5-4-6-10-14/h4-6,9-10,13,15-16,18H,3,7-8,11-12H2,1-2H3. The van der Waals surface area contributed by atoms with Crippen molar-refractivity contribution < 1.29 is 9.53 Å². The highest BCUT2D eigenvalue weighted by atomic mass is 16.5. The highest BCUT2D eigenvalue weighted by Gasteiger charge is 2.27. The fourth-order valence-electron chi connectivity index (χ4n) is 3.11. The van der Waals surface area contributed by atoms with Crippen molar-refractivity contribution in [2.45, 2.75) is 51.1 Å². The fraction of sp³-hybridized carbons (Fsp3) is 0.588. The fourth-order valence-corrected chi connectivity index (χ4v) is 3.11. The zero-order valence-corrected chi connectivity index (χ0v) is 12.5. The molecule has 0 radical (unpaired) electrons. The Bertz CT molecular complexity index is 418. The van der Waals surface area contributed by atoms with Crippen molar-refractivity contribution in [2.75, 3.05) is 7.11 Å². The third kappa shape index (κ3) is 3.83. The van der Waals surface area contributed by atoms with Crippen LogP contribution in [0, 0.1) is 5.92 Å².